The number of hydrogen-bond donors (Lipinski definition) is 1. The van der Waals surface area contributed by atoms with E-state index in [9.17, 15) is 0 Å². The molecular formula is C19H22O. The number of phenolic OH excluding ortho intramolecular Hbond substituents is 1. The first-order chi connectivity index (χ1) is 9.71. The van der Waals surface area contributed by atoms with Crippen LogP contribution in [0.25, 0.3) is 12.2 Å². The van der Waals surface area contributed by atoms with Crippen molar-refractivity contribution >= 4 is 12.2 Å². The summed E-state index contributed by atoms with van der Waals surface area (Å²) in [5, 5.41) is 8.92. The van der Waals surface area contributed by atoms with Gasteiger partial charge in [0.05, 0.1) is 0 Å². The van der Waals surface area contributed by atoms with Crippen LogP contribution in [0, 0.1) is 0 Å². The molecule has 2 aromatic rings. The molecule has 1 N–H and O–H groups in total. The van der Waals surface area contributed by atoms with Crippen molar-refractivity contribution in [2.24, 2.45) is 0 Å². The van der Waals surface area contributed by atoms with E-state index in [4.69, 9.17) is 5.11 Å². The van der Waals surface area contributed by atoms with Crippen LogP contribution in [-0.4, -0.2) is 5.11 Å². The van der Waals surface area contributed by atoms with Gasteiger partial charge in [0.15, 0.2) is 0 Å². The first-order valence-corrected chi connectivity index (χ1v) is 6.83. The molecule has 0 atom stereocenters. The lowest BCUT2D eigenvalue weighted by Crippen LogP contribution is -1.79. The summed E-state index contributed by atoms with van der Waals surface area (Å²) in [4.78, 5) is 0. The zero-order chi connectivity index (χ0) is 14.8. The summed E-state index contributed by atoms with van der Waals surface area (Å²) in [5.74, 6) is 0.347. The first-order valence-electron chi connectivity index (χ1n) is 6.83. The van der Waals surface area contributed by atoms with Crippen LogP contribution in [0.4, 0.5) is 0 Å². The minimum Gasteiger partial charge on any atom is -0.508 e. The predicted octanol–water partition coefficient (Wildman–Crippen LogP) is 5.32. The number of benzene rings is 2. The minimum absolute atomic E-state index is 0.347. The molecule has 1 heteroatoms. The molecule has 0 aliphatic heterocycles. The molecule has 0 aliphatic rings. The number of phenols is 1. The highest BCUT2D eigenvalue weighted by Gasteiger charge is 1.90. The van der Waals surface area contributed by atoms with E-state index in [0.717, 1.165) is 24.0 Å². The van der Waals surface area contributed by atoms with Gasteiger partial charge in [-0.1, -0.05) is 75.1 Å². The highest BCUT2D eigenvalue weighted by Crippen LogP contribution is 2.11. The van der Waals surface area contributed by atoms with E-state index in [1.54, 1.807) is 12.1 Å². The smallest absolute Gasteiger partial charge is 0.115 e. The van der Waals surface area contributed by atoms with Gasteiger partial charge in [-0.3, -0.25) is 0 Å². The zero-order valence-electron chi connectivity index (χ0n) is 12.0. The van der Waals surface area contributed by atoms with Crippen molar-refractivity contribution in [3.05, 3.63) is 78.4 Å². The van der Waals surface area contributed by atoms with Crippen molar-refractivity contribution in [1.82, 2.24) is 0 Å². The van der Waals surface area contributed by atoms with Crippen LogP contribution in [0.1, 0.15) is 30.0 Å². The Morgan fingerprint density at radius 2 is 1.40 bits per heavy atom. The molecule has 0 fully saturated rings. The highest BCUT2D eigenvalue weighted by molar-refractivity contribution is 5.63. The molecule has 0 aromatic heterocycles. The van der Waals surface area contributed by atoms with Crippen molar-refractivity contribution < 1.29 is 5.11 Å². The molecule has 0 bridgehead atoms. The molecular weight excluding hydrogens is 244 g/mol. The van der Waals surface area contributed by atoms with E-state index in [-0.39, 0.29) is 0 Å². The predicted molar refractivity (Wildman–Crippen MR) is 88.7 cm³/mol. The van der Waals surface area contributed by atoms with E-state index in [1.165, 1.54) is 5.56 Å². The standard InChI is InChI=1S/C10H10.C9H12O/c1-3-9-7-5-6-8-10(9)4-2;1-2-3-8-4-6-9(10)7-5-8/h3-8H,1-2H2;4-7,10H,2-3H2,1H3. The summed E-state index contributed by atoms with van der Waals surface area (Å²) in [6.45, 7) is 9.53. The SMILES string of the molecule is C=Cc1ccccc1C=C.CCCc1ccc(O)cc1. The Kier molecular flexibility index (Phi) is 6.91. The van der Waals surface area contributed by atoms with Crippen molar-refractivity contribution in [2.75, 3.05) is 0 Å². The third kappa shape index (κ3) is 5.15. The topological polar surface area (TPSA) is 20.2 Å². The monoisotopic (exact) mass is 266 g/mol. The fraction of sp³-hybridized carbons (Fsp3) is 0.158. The van der Waals surface area contributed by atoms with E-state index >= 15 is 0 Å². The average Bonchev–Trinajstić information content (AvgIpc) is 2.50. The van der Waals surface area contributed by atoms with Crippen molar-refractivity contribution in [1.29, 1.82) is 0 Å². The van der Waals surface area contributed by atoms with Gasteiger partial charge in [0.25, 0.3) is 0 Å². The zero-order valence-corrected chi connectivity index (χ0v) is 12.0. The summed E-state index contributed by atoms with van der Waals surface area (Å²) in [6.07, 6.45) is 5.92. The largest absolute Gasteiger partial charge is 0.508 e. The lowest BCUT2D eigenvalue weighted by molar-refractivity contribution is 0.475. The Balaban J connectivity index is 0.000000200. The van der Waals surface area contributed by atoms with Crippen molar-refractivity contribution in [2.45, 2.75) is 19.8 Å². The molecule has 0 saturated carbocycles. The molecule has 104 valence electrons. The third-order valence-electron chi connectivity index (χ3n) is 2.91. The van der Waals surface area contributed by atoms with Crippen LogP contribution < -0.4 is 0 Å². The van der Waals surface area contributed by atoms with E-state index in [2.05, 4.69) is 20.1 Å². The third-order valence-corrected chi connectivity index (χ3v) is 2.91. The fourth-order valence-corrected chi connectivity index (χ4v) is 1.83. The lowest BCUT2D eigenvalue weighted by Gasteiger charge is -1.96. The van der Waals surface area contributed by atoms with Crippen LogP contribution in [0.15, 0.2) is 61.7 Å². The summed E-state index contributed by atoms with van der Waals surface area (Å²) in [6, 6.07) is 15.4. The van der Waals surface area contributed by atoms with Gasteiger partial charge in [0.2, 0.25) is 0 Å². The Hall–Kier alpha value is -2.28. The molecule has 1 nitrogen and oxygen atoms in total. The summed E-state index contributed by atoms with van der Waals surface area (Å²) < 4.78 is 0. The molecule has 0 radical (unpaired) electrons. The highest BCUT2D eigenvalue weighted by atomic mass is 16.3. The molecule has 0 unspecified atom stereocenters. The number of aromatic hydroxyl groups is 1. The lowest BCUT2D eigenvalue weighted by atomic mass is 10.1. The van der Waals surface area contributed by atoms with Crippen LogP contribution >= 0.6 is 0 Å². The number of hydrogen-bond acceptors (Lipinski definition) is 1. The Bertz CT molecular complexity index is 511. The van der Waals surface area contributed by atoms with Gasteiger partial charge in [-0.15, -0.1) is 0 Å². The number of rotatable bonds is 4. The van der Waals surface area contributed by atoms with E-state index < -0.39 is 0 Å². The summed E-state index contributed by atoms with van der Waals surface area (Å²) in [7, 11) is 0. The van der Waals surface area contributed by atoms with Crippen LogP contribution in [-0.2, 0) is 6.42 Å². The summed E-state index contributed by atoms with van der Waals surface area (Å²) in [5.41, 5.74) is 3.57. The quantitative estimate of drug-likeness (QED) is 0.794. The van der Waals surface area contributed by atoms with Crippen LogP contribution in [0.5, 0.6) is 5.75 Å². The van der Waals surface area contributed by atoms with Crippen molar-refractivity contribution in [3.8, 4) is 5.75 Å². The van der Waals surface area contributed by atoms with Gasteiger partial charge in [-0.2, -0.15) is 0 Å². The molecule has 0 aliphatic carbocycles. The summed E-state index contributed by atoms with van der Waals surface area (Å²) >= 11 is 0. The maximum absolute atomic E-state index is 8.92. The number of aryl methyl sites for hydroxylation is 1. The second-order valence-electron chi connectivity index (χ2n) is 4.45. The van der Waals surface area contributed by atoms with Gasteiger partial charge >= 0.3 is 0 Å². The molecule has 0 saturated heterocycles. The van der Waals surface area contributed by atoms with Crippen LogP contribution in [0.2, 0.25) is 0 Å². The maximum atomic E-state index is 8.92. The molecule has 2 aromatic carbocycles. The Morgan fingerprint density at radius 3 is 1.80 bits per heavy atom. The molecule has 2 rings (SSSR count). The average molecular weight is 266 g/mol. The van der Waals surface area contributed by atoms with Crippen LogP contribution in [0.3, 0.4) is 0 Å². The molecule has 20 heavy (non-hydrogen) atoms. The van der Waals surface area contributed by atoms with Gasteiger partial charge in [-0.05, 0) is 35.2 Å². The normalized spacial score (nSPS) is 9.25. The van der Waals surface area contributed by atoms with Crippen molar-refractivity contribution in [3.63, 3.8) is 0 Å². The fourth-order valence-electron chi connectivity index (χ4n) is 1.83. The van der Waals surface area contributed by atoms with Gasteiger partial charge < -0.3 is 5.11 Å². The molecule has 0 amide bonds. The maximum Gasteiger partial charge on any atom is 0.115 e. The van der Waals surface area contributed by atoms with Gasteiger partial charge in [0, 0.05) is 0 Å². The van der Waals surface area contributed by atoms with E-state index in [1.807, 2.05) is 48.6 Å². The Morgan fingerprint density at radius 1 is 0.900 bits per heavy atom. The van der Waals surface area contributed by atoms with E-state index in [0.29, 0.717) is 5.75 Å². The molecule has 0 spiro atoms. The molecule has 0 heterocycles. The van der Waals surface area contributed by atoms with Gasteiger partial charge in [-0.25, -0.2) is 0 Å². The second kappa shape index (κ2) is 8.76. The van der Waals surface area contributed by atoms with Gasteiger partial charge in [0.1, 0.15) is 5.75 Å². The second-order valence-corrected chi connectivity index (χ2v) is 4.45. The minimum atomic E-state index is 0.347. The Labute approximate surface area is 121 Å². The first kappa shape index (κ1) is 15.8.